The third kappa shape index (κ3) is 3.25. The van der Waals surface area contributed by atoms with Crippen molar-refractivity contribution >= 4 is 11.6 Å². The number of hydrogen-bond acceptors (Lipinski definition) is 3. The number of halogens is 1. The van der Waals surface area contributed by atoms with Crippen molar-refractivity contribution in [3.05, 3.63) is 58.6 Å². The summed E-state index contributed by atoms with van der Waals surface area (Å²) in [4.78, 5) is 0. The molecule has 0 aromatic heterocycles. The van der Waals surface area contributed by atoms with Gasteiger partial charge in [-0.25, -0.2) is 0 Å². The average molecular weight is 269 g/mol. The lowest BCUT2D eigenvalue weighted by Gasteiger charge is -2.07. The van der Waals surface area contributed by atoms with Crippen molar-refractivity contribution < 1.29 is 4.74 Å². The van der Waals surface area contributed by atoms with Gasteiger partial charge in [-0.1, -0.05) is 23.7 Å². The molecule has 0 atom stereocenters. The highest BCUT2D eigenvalue weighted by molar-refractivity contribution is 6.31. The van der Waals surface area contributed by atoms with Crippen LogP contribution >= 0.6 is 11.6 Å². The predicted octanol–water partition coefficient (Wildman–Crippen LogP) is 4.07. The lowest BCUT2D eigenvalue weighted by molar-refractivity contribution is 0.482. The minimum atomic E-state index is 0.362. The van der Waals surface area contributed by atoms with E-state index in [1.165, 1.54) is 0 Å². The lowest BCUT2D eigenvalue weighted by atomic mass is 10.2. The first-order valence-corrected chi connectivity index (χ1v) is 5.94. The molecule has 0 saturated heterocycles. The van der Waals surface area contributed by atoms with E-state index >= 15 is 0 Å². The van der Waals surface area contributed by atoms with Crippen LogP contribution in [0.3, 0.4) is 0 Å². The van der Waals surface area contributed by atoms with Gasteiger partial charge in [0.25, 0.3) is 0 Å². The molecule has 0 heterocycles. The summed E-state index contributed by atoms with van der Waals surface area (Å²) in [6.07, 6.45) is 0.378. The second kappa shape index (κ2) is 5.91. The summed E-state index contributed by atoms with van der Waals surface area (Å²) >= 11 is 5.92. The van der Waals surface area contributed by atoms with Crippen LogP contribution in [0.4, 0.5) is 0 Å². The smallest absolute Gasteiger partial charge is 0.129 e. The maximum Gasteiger partial charge on any atom is 0.129 e. The monoisotopic (exact) mass is 268 g/mol. The SMILES string of the molecule is N#CCc1ccc(Oc2ccc(C#N)c(Cl)c2)cc1. The Labute approximate surface area is 116 Å². The Morgan fingerprint density at radius 1 is 1.00 bits per heavy atom. The molecule has 0 N–H and O–H groups in total. The molecule has 2 aromatic rings. The Morgan fingerprint density at radius 2 is 1.68 bits per heavy atom. The van der Waals surface area contributed by atoms with Gasteiger partial charge in [-0.05, 0) is 29.8 Å². The summed E-state index contributed by atoms with van der Waals surface area (Å²) in [5, 5.41) is 17.7. The van der Waals surface area contributed by atoms with Crippen molar-refractivity contribution in [2.24, 2.45) is 0 Å². The number of hydrogen-bond donors (Lipinski definition) is 0. The molecule has 3 nitrogen and oxygen atoms in total. The van der Waals surface area contributed by atoms with Crippen LogP contribution in [-0.2, 0) is 6.42 Å². The van der Waals surface area contributed by atoms with E-state index in [0.717, 1.165) is 5.56 Å². The Morgan fingerprint density at radius 3 is 2.26 bits per heavy atom. The summed E-state index contributed by atoms with van der Waals surface area (Å²) in [7, 11) is 0. The molecule has 0 saturated carbocycles. The van der Waals surface area contributed by atoms with E-state index in [0.29, 0.717) is 28.5 Å². The second-order valence-electron chi connectivity index (χ2n) is 3.83. The lowest BCUT2D eigenvalue weighted by Crippen LogP contribution is -1.87. The van der Waals surface area contributed by atoms with Crippen molar-refractivity contribution in [2.45, 2.75) is 6.42 Å². The number of nitrogens with zero attached hydrogens (tertiary/aromatic N) is 2. The van der Waals surface area contributed by atoms with Crippen LogP contribution in [-0.4, -0.2) is 0 Å². The molecule has 4 heteroatoms. The molecule has 0 spiro atoms. The molecule has 0 unspecified atom stereocenters. The molecular weight excluding hydrogens is 260 g/mol. The highest BCUT2D eigenvalue weighted by Crippen LogP contribution is 2.26. The second-order valence-corrected chi connectivity index (χ2v) is 4.24. The quantitative estimate of drug-likeness (QED) is 0.843. The van der Waals surface area contributed by atoms with Gasteiger partial charge in [0.15, 0.2) is 0 Å². The molecule has 2 aromatic carbocycles. The number of nitriles is 2. The van der Waals surface area contributed by atoms with Gasteiger partial charge in [0.05, 0.1) is 23.1 Å². The summed E-state index contributed by atoms with van der Waals surface area (Å²) in [6.45, 7) is 0. The first-order valence-electron chi connectivity index (χ1n) is 5.56. The highest BCUT2D eigenvalue weighted by atomic mass is 35.5. The Bertz CT molecular complexity index is 666. The predicted molar refractivity (Wildman–Crippen MR) is 72.0 cm³/mol. The van der Waals surface area contributed by atoms with Gasteiger partial charge in [0, 0.05) is 6.07 Å². The molecule has 0 radical (unpaired) electrons. The van der Waals surface area contributed by atoms with Gasteiger partial charge >= 0.3 is 0 Å². The van der Waals surface area contributed by atoms with E-state index in [-0.39, 0.29) is 0 Å². The summed E-state index contributed by atoms with van der Waals surface area (Å²) in [6, 6.07) is 16.2. The van der Waals surface area contributed by atoms with Crippen molar-refractivity contribution in [3.8, 4) is 23.6 Å². The van der Waals surface area contributed by atoms with Crippen LogP contribution < -0.4 is 4.74 Å². The summed E-state index contributed by atoms with van der Waals surface area (Å²) < 4.78 is 5.62. The van der Waals surface area contributed by atoms with E-state index < -0.39 is 0 Å². The Balaban J connectivity index is 2.15. The van der Waals surface area contributed by atoms with Crippen LogP contribution in [0, 0.1) is 22.7 Å². The number of benzene rings is 2. The van der Waals surface area contributed by atoms with E-state index in [1.54, 1.807) is 30.3 Å². The Hall–Kier alpha value is -2.49. The number of rotatable bonds is 3. The standard InChI is InChI=1S/C15H9ClN2O/c16-15-9-14(6-3-12(15)10-18)19-13-4-1-11(2-5-13)7-8-17/h1-6,9H,7H2. The van der Waals surface area contributed by atoms with Crippen molar-refractivity contribution in [1.29, 1.82) is 10.5 Å². The zero-order chi connectivity index (χ0) is 13.7. The van der Waals surface area contributed by atoms with Crippen LogP contribution in [0.5, 0.6) is 11.5 Å². The third-order valence-electron chi connectivity index (χ3n) is 2.50. The highest BCUT2D eigenvalue weighted by Gasteiger charge is 2.03. The largest absolute Gasteiger partial charge is 0.457 e. The molecule has 0 aliphatic carbocycles. The number of ether oxygens (including phenoxy) is 1. The van der Waals surface area contributed by atoms with Gasteiger partial charge in [-0.2, -0.15) is 10.5 Å². The van der Waals surface area contributed by atoms with Crippen molar-refractivity contribution in [2.75, 3.05) is 0 Å². The van der Waals surface area contributed by atoms with Crippen LogP contribution in [0.25, 0.3) is 0 Å². The minimum Gasteiger partial charge on any atom is -0.457 e. The van der Waals surface area contributed by atoms with E-state index in [9.17, 15) is 0 Å². The van der Waals surface area contributed by atoms with Crippen LogP contribution in [0.15, 0.2) is 42.5 Å². The molecule has 0 aliphatic heterocycles. The van der Waals surface area contributed by atoms with E-state index in [4.69, 9.17) is 26.9 Å². The maximum atomic E-state index is 8.78. The fourth-order valence-corrected chi connectivity index (χ4v) is 1.77. The maximum absolute atomic E-state index is 8.78. The van der Waals surface area contributed by atoms with Gasteiger partial charge in [0.1, 0.15) is 17.6 Å². The zero-order valence-electron chi connectivity index (χ0n) is 9.93. The normalized spacial score (nSPS) is 9.42. The van der Waals surface area contributed by atoms with Crippen molar-refractivity contribution in [3.63, 3.8) is 0 Å². The molecular formula is C15H9ClN2O. The van der Waals surface area contributed by atoms with Gasteiger partial charge in [-0.15, -0.1) is 0 Å². The van der Waals surface area contributed by atoms with Crippen LogP contribution in [0.2, 0.25) is 5.02 Å². The van der Waals surface area contributed by atoms with Crippen LogP contribution in [0.1, 0.15) is 11.1 Å². The first-order chi connectivity index (χ1) is 9.22. The minimum absolute atomic E-state index is 0.362. The molecule has 0 bridgehead atoms. The first kappa shape index (κ1) is 13.0. The fraction of sp³-hybridized carbons (Fsp3) is 0.0667. The molecule has 2 rings (SSSR count). The summed E-state index contributed by atoms with van der Waals surface area (Å²) in [5.74, 6) is 1.22. The fourth-order valence-electron chi connectivity index (χ4n) is 1.55. The topological polar surface area (TPSA) is 56.8 Å². The molecule has 0 aliphatic rings. The van der Waals surface area contributed by atoms with Gasteiger partial charge < -0.3 is 4.74 Å². The van der Waals surface area contributed by atoms with Gasteiger partial charge in [-0.3, -0.25) is 0 Å². The zero-order valence-corrected chi connectivity index (χ0v) is 10.7. The Kier molecular flexibility index (Phi) is 4.03. The van der Waals surface area contributed by atoms with E-state index in [2.05, 4.69) is 6.07 Å². The van der Waals surface area contributed by atoms with E-state index in [1.807, 2.05) is 18.2 Å². The van der Waals surface area contributed by atoms with Crippen molar-refractivity contribution in [1.82, 2.24) is 0 Å². The molecule has 19 heavy (non-hydrogen) atoms. The average Bonchev–Trinajstić information content (AvgIpc) is 2.42. The molecule has 0 amide bonds. The molecule has 0 fully saturated rings. The molecule has 92 valence electrons. The third-order valence-corrected chi connectivity index (χ3v) is 2.82. The summed E-state index contributed by atoms with van der Waals surface area (Å²) in [5.41, 5.74) is 1.35. The van der Waals surface area contributed by atoms with Gasteiger partial charge in [0.2, 0.25) is 0 Å².